The van der Waals surface area contributed by atoms with E-state index >= 15 is 0 Å². The first-order valence-electron chi connectivity index (χ1n) is 10.1. The third-order valence-corrected chi connectivity index (χ3v) is 5.22. The molecule has 32 heavy (non-hydrogen) atoms. The zero-order chi connectivity index (χ0) is 22.5. The van der Waals surface area contributed by atoms with E-state index in [0.717, 1.165) is 33.5 Å². The SMILES string of the molecule is COc1ccc(-c2[nH]c3ccccc3c2CCC(=O)NNC(=O)c2ccc(F)cc2)cc1. The fourth-order valence-electron chi connectivity index (χ4n) is 3.56. The topological polar surface area (TPSA) is 83.2 Å². The molecule has 0 atom stereocenters. The summed E-state index contributed by atoms with van der Waals surface area (Å²) in [6, 6.07) is 20.7. The molecule has 1 heterocycles. The smallest absolute Gasteiger partial charge is 0.269 e. The minimum Gasteiger partial charge on any atom is -0.497 e. The minimum atomic E-state index is -0.510. The number of hydrogen-bond donors (Lipinski definition) is 3. The molecule has 0 fully saturated rings. The number of methoxy groups -OCH3 is 1. The number of hydrogen-bond acceptors (Lipinski definition) is 3. The highest BCUT2D eigenvalue weighted by Gasteiger charge is 2.15. The van der Waals surface area contributed by atoms with Crippen molar-refractivity contribution in [1.82, 2.24) is 15.8 Å². The molecule has 3 aromatic carbocycles. The molecule has 0 radical (unpaired) electrons. The number of benzene rings is 3. The van der Waals surface area contributed by atoms with Crippen LogP contribution in [0, 0.1) is 5.82 Å². The lowest BCUT2D eigenvalue weighted by atomic mass is 10.0. The summed E-state index contributed by atoms with van der Waals surface area (Å²) < 4.78 is 18.2. The predicted molar refractivity (Wildman–Crippen MR) is 121 cm³/mol. The molecule has 3 N–H and O–H groups in total. The molecular weight excluding hydrogens is 409 g/mol. The van der Waals surface area contributed by atoms with Gasteiger partial charge in [-0.3, -0.25) is 20.4 Å². The molecule has 2 amide bonds. The summed E-state index contributed by atoms with van der Waals surface area (Å²) >= 11 is 0. The summed E-state index contributed by atoms with van der Waals surface area (Å²) in [5, 5.41) is 1.04. The number of halogens is 1. The number of aromatic amines is 1. The van der Waals surface area contributed by atoms with Gasteiger partial charge in [-0.2, -0.15) is 0 Å². The number of amides is 2. The van der Waals surface area contributed by atoms with Gasteiger partial charge in [-0.1, -0.05) is 18.2 Å². The van der Waals surface area contributed by atoms with E-state index in [1.807, 2.05) is 48.5 Å². The van der Waals surface area contributed by atoms with Crippen molar-refractivity contribution in [2.24, 2.45) is 0 Å². The van der Waals surface area contributed by atoms with Crippen molar-refractivity contribution in [2.75, 3.05) is 7.11 Å². The van der Waals surface area contributed by atoms with Crippen molar-refractivity contribution in [3.63, 3.8) is 0 Å². The predicted octanol–water partition coefficient (Wildman–Crippen LogP) is 4.38. The van der Waals surface area contributed by atoms with Gasteiger partial charge >= 0.3 is 0 Å². The average molecular weight is 431 g/mol. The maximum Gasteiger partial charge on any atom is 0.269 e. The molecule has 0 aliphatic rings. The Morgan fingerprint density at radius 3 is 2.38 bits per heavy atom. The quantitative estimate of drug-likeness (QED) is 0.396. The number of nitrogens with one attached hydrogen (secondary N) is 3. The van der Waals surface area contributed by atoms with Crippen molar-refractivity contribution < 1.29 is 18.7 Å². The molecule has 0 unspecified atom stereocenters. The van der Waals surface area contributed by atoms with Crippen molar-refractivity contribution >= 4 is 22.7 Å². The second-order valence-corrected chi connectivity index (χ2v) is 7.26. The Bertz CT molecular complexity index is 1250. The molecule has 4 aromatic rings. The van der Waals surface area contributed by atoms with E-state index in [0.29, 0.717) is 6.42 Å². The van der Waals surface area contributed by atoms with Gasteiger partial charge in [-0.25, -0.2) is 4.39 Å². The van der Waals surface area contributed by atoms with E-state index in [9.17, 15) is 14.0 Å². The number of H-pyrrole nitrogens is 1. The lowest BCUT2D eigenvalue weighted by Crippen LogP contribution is -2.41. The maximum atomic E-state index is 13.0. The zero-order valence-corrected chi connectivity index (χ0v) is 17.4. The van der Waals surface area contributed by atoms with Crippen molar-refractivity contribution in [3.05, 3.63) is 89.7 Å². The Morgan fingerprint density at radius 1 is 0.938 bits per heavy atom. The van der Waals surface area contributed by atoms with E-state index in [4.69, 9.17) is 4.74 Å². The van der Waals surface area contributed by atoms with Gasteiger partial charge in [0, 0.05) is 28.6 Å². The van der Waals surface area contributed by atoms with Crippen LogP contribution in [0.1, 0.15) is 22.3 Å². The van der Waals surface area contributed by atoms with Gasteiger partial charge in [0.1, 0.15) is 11.6 Å². The third kappa shape index (κ3) is 4.62. The van der Waals surface area contributed by atoms with Gasteiger partial charge in [0.05, 0.1) is 7.11 Å². The average Bonchev–Trinajstić information content (AvgIpc) is 3.20. The molecule has 4 rings (SSSR count). The van der Waals surface area contributed by atoms with Crippen LogP contribution in [0.3, 0.4) is 0 Å². The summed E-state index contributed by atoms with van der Waals surface area (Å²) in [6.07, 6.45) is 0.651. The van der Waals surface area contributed by atoms with E-state index < -0.39 is 11.7 Å². The number of rotatable bonds is 6. The lowest BCUT2D eigenvalue weighted by Gasteiger charge is -2.09. The normalized spacial score (nSPS) is 10.7. The fraction of sp³-hybridized carbons (Fsp3) is 0.120. The van der Waals surface area contributed by atoms with Crippen molar-refractivity contribution in [1.29, 1.82) is 0 Å². The van der Waals surface area contributed by atoms with Crippen LogP contribution >= 0.6 is 0 Å². The monoisotopic (exact) mass is 431 g/mol. The Labute approximate surface area is 184 Å². The third-order valence-electron chi connectivity index (χ3n) is 5.22. The standard InChI is InChI=1S/C25H22FN3O3/c1-32-19-12-8-16(9-13-19)24-21(20-4-2-3-5-22(20)27-24)14-15-23(30)28-29-25(31)17-6-10-18(26)11-7-17/h2-13,27H,14-15H2,1H3,(H,28,30)(H,29,31). The first-order valence-corrected chi connectivity index (χ1v) is 10.1. The first-order chi connectivity index (χ1) is 15.5. The fourth-order valence-corrected chi connectivity index (χ4v) is 3.56. The van der Waals surface area contributed by atoms with Gasteiger partial charge in [0.15, 0.2) is 0 Å². The second-order valence-electron chi connectivity index (χ2n) is 7.26. The van der Waals surface area contributed by atoms with Crippen molar-refractivity contribution in [2.45, 2.75) is 12.8 Å². The Kier molecular flexibility index (Phi) is 6.17. The highest BCUT2D eigenvalue weighted by Crippen LogP contribution is 2.32. The second kappa shape index (κ2) is 9.34. The highest BCUT2D eigenvalue weighted by atomic mass is 19.1. The molecular formula is C25H22FN3O3. The van der Waals surface area contributed by atoms with Crippen LogP contribution in [0.5, 0.6) is 5.75 Å². The summed E-state index contributed by atoms with van der Waals surface area (Å²) in [5.41, 5.74) is 8.97. The number of carbonyl (C=O) groups excluding carboxylic acids is 2. The summed E-state index contributed by atoms with van der Waals surface area (Å²) in [7, 11) is 1.62. The molecule has 7 heteroatoms. The number of para-hydroxylation sites is 1. The minimum absolute atomic E-state index is 0.175. The van der Waals surface area contributed by atoms with E-state index in [-0.39, 0.29) is 17.9 Å². The Morgan fingerprint density at radius 2 is 1.66 bits per heavy atom. The molecule has 0 aliphatic heterocycles. The number of fused-ring (bicyclic) bond motifs is 1. The molecule has 0 saturated heterocycles. The summed E-state index contributed by atoms with van der Waals surface area (Å²) in [5.74, 6) is -0.504. The van der Waals surface area contributed by atoms with E-state index in [1.165, 1.54) is 24.3 Å². The van der Waals surface area contributed by atoms with Crippen LogP contribution in [0.15, 0.2) is 72.8 Å². The van der Waals surface area contributed by atoms with E-state index in [1.54, 1.807) is 7.11 Å². The first kappa shape index (κ1) is 21.1. The molecule has 0 saturated carbocycles. The van der Waals surface area contributed by atoms with Crippen LogP contribution in [0.4, 0.5) is 4.39 Å². The molecule has 6 nitrogen and oxygen atoms in total. The maximum absolute atomic E-state index is 13.0. The highest BCUT2D eigenvalue weighted by molar-refractivity contribution is 5.95. The zero-order valence-electron chi connectivity index (χ0n) is 17.4. The van der Waals surface area contributed by atoms with Crippen LogP contribution in [0.2, 0.25) is 0 Å². The molecule has 162 valence electrons. The summed E-state index contributed by atoms with van der Waals surface area (Å²) in [6.45, 7) is 0. The number of aromatic nitrogens is 1. The molecule has 0 aliphatic carbocycles. The number of ether oxygens (including phenoxy) is 1. The molecule has 0 spiro atoms. The van der Waals surface area contributed by atoms with Crippen LogP contribution in [-0.4, -0.2) is 23.9 Å². The Hall–Kier alpha value is -4.13. The van der Waals surface area contributed by atoms with Crippen LogP contribution in [-0.2, 0) is 11.2 Å². The number of hydrazine groups is 1. The Balaban J connectivity index is 1.46. The number of aryl methyl sites for hydroxylation is 1. The lowest BCUT2D eigenvalue weighted by molar-refractivity contribution is -0.121. The van der Waals surface area contributed by atoms with Gasteiger partial charge in [0.2, 0.25) is 5.91 Å². The molecule has 0 bridgehead atoms. The molecule has 1 aromatic heterocycles. The van der Waals surface area contributed by atoms with Crippen LogP contribution in [0.25, 0.3) is 22.2 Å². The number of carbonyl (C=O) groups is 2. The van der Waals surface area contributed by atoms with Gasteiger partial charge in [-0.05, 0) is 72.1 Å². The largest absolute Gasteiger partial charge is 0.497 e. The van der Waals surface area contributed by atoms with Gasteiger partial charge < -0.3 is 9.72 Å². The van der Waals surface area contributed by atoms with Crippen molar-refractivity contribution in [3.8, 4) is 17.0 Å². The van der Waals surface area contributed by atoms with E-state index in [2.05, 4.69) is 15.8 Å². The van der Waals surface area contributed by atoms with Gasteiger partial charge in [0.25, 0.3) is 5.91 Å². The summed E-state index contributed by atoms with van der Waals surface area (Å²) in [4.78, 5) is 27.9. The van der Waals surface area contributed by atoms with Crippen LogP contribution < -0.4 is 15.6 Å². The van der Waals surface area contributed by atoms with Gasteiger partial charge in [-0.15, -0.1) is 0 Å².